The molecule has 1 rings (SSSR count). The fourth-order valence-electron chi connectivity index (χ4n) is 1.47. The van der Waals surface area contributed by atoms with Crippen molar-refractivity contribution in [1.29, 1.82) is 0 Å². The monoisotopic (exact) mass is 206 g/mol. The normalized spacial score (nSPS) is 12.2. The predicted octanol–water partition coefficient (Wildman–Crippen LogP) is 1.33. The molecule has 1 atom stereocenters. The Morgan fingerprint density at radius 3 is 2.87 bits per heavy atom. The van der Waals surface area contributed by atoms with Gasteiger partial charge >= 0.3 is 0 Å². The maximum atomic E-state index is 11.5. The molecule has 0 aliphatic carbocycles. The van der Waals surface area contributed by atoms with E-state index in [-0.39, 0.29) is 11.9 Å². The highest BCUT2D eigenvalue weighted by atomic mass is 16.1. The molecule has 1 aromatic carbocycles. The zero-order valence-electron chi connectivity index (χ0n) is 9.29. The van der Waals surface area contributed by atoms with Crippen molar-refractivity contribution in [3.8, 4) is 0 Å². The lowest BCUT2D eigenvalue weighted by Gasteiger charge is -2.07. The largest absolute Gasteiger partial charge is 0.352 e. The van der Waals surface area contributed by atoms with Crippen LogP contribution in [-0.4, -0.2) is 18.5 Å². The Labute approximate surface area is 90.7 Å². The molecule has 0 saturated heterocycles. The smallest absolute Gasteiger partial charge is 0.251 e. The van der Waals surface area contributed by atoms with E-state index in [4.69, 9.17) is 5.73 Å². The molecule has 82 valence electrons. The van der Waals surface area contributed by atoms with Gasteiger partial charge in [-0.1, -0.05) is 12.1 Å². The average molecular weight is 206 g/mol. The van der Waals surface area contributed by atoms with Crippen molar-refractivity contribution in [3.05, 3.63) is 35.4 Å². The van der Waals surface area contributed by atoms with Crippen LogP contribution in [0.2, 0.25) is 0 Å². The number of hydrogen-bond donors (Lipinski definition) is 2. The summed E-state index contributed by atoms with van der Waals surface area (Å²) in [5, 5.41) is 2.77. The molecule has 0 aliphatic rings. The topological polar surface area (TPSA) is 55.1 Å². The Balaban J connectivity index is 2.78. The lowest BCUT2D eigenvalue weighted by atomic mass is 10.0. The summed E-state index contributed by atoms with van der Waals surface area (Å²) in [6.45, 7) is 4.51. The molecule has 0 unspecified atom stereocenters. The maximum Gasteiger partial charge on any atom is 0.251 e. The SMILES string of the molecule is CCNC(=O)c1cccc(C[C@@H](C)N)c1. The summed E-state index contributed by atoms with van der Waals surface area (Å²) in [6, 6.07) is 7.72. The van der Waals surface area contributed by atoms with Crippen molar-refractivity contribution in [2.45, 2.75) is 26.3 Å². The van der Waals surface area contributed by atoms with Crippen LogP contribution in [0.3, 0.4) is 0 Å². The van der Waals surface area contributed by atoms with Crippen LogP contribution < -0.4 is 11.1 Å². The first-order valence-electron chi connectivity index (χ1n) is 5.26. The standard InChI is InChI=1S/C12H18N2O/c1-3-14-12(15)11-6-4-5-10(8-11)7-9(2)13/h4-6,8-9H,3,7,13H2,1-2H3,(H,14,15)/t9-/m1/s1. The molecule has 3 nitrogen and oxygen atoms in total. The second-order valence-corrected chi connectivity index (χ2v) is 3.74. The van der Waals surface area contributed by atoms with E-state index in [0.717, 1.165) is 12.0 Å². The highest BCUT2D eigenvalue weighted by Crippen LogP contribution is 2.07. The molecule has 0 aliphatic heterocycles. The summed E-state index contributed by atoms with van der Waals surface area (Å²) >= 11 is 0. The third-order valence-electron chi connectivity index (χ3n) is 2.08. The Morgan fingerprint density at radius 2 is 2.27 bits per heavy atom. The second-order valence-electron chi connectivity index (χ2n) is 3.74. The van der Waals surface area contributed by atoms with Crippen LogP contribution in [0.4, 0.5) is 0 Å². The summed E-state index contributed by atoms with van der Waals surface area (Å²) in [6.07, 6.45) is 0.799. The van der Waals surface area contributed by atoms with E-state index in [1.165, 1.54) is 0 Å². The fourth-order valence-corrected chi connectivity index (χ4v) is 1.47. The zero-order valence-corrected chi connectivity index (χ0v) is 9.29. The van der Waals surface area contributed by atoms with Crippen LogP contribution in [0.15, 0.2) is 24.3 Å². The van der Waals surface area contributed by atoms with Gasteiger partial charge in [-0.3, -0.25) is 4.79 Å². The molecular weight excluding hydrogens is 188 g/mol. The van der Waals surface area contributed by atoms with E-state index in [1.807, 2.05) is 38.1 Å². The zero-order chi connectivity index (χ0) is 11.3. The second kappa shape index (κ2) is 5.51. The number of rotatable bonds is 4. The number of nitrogens with one attached hydrogen (secondary N) is 1. The number of carbonyl (C=O) groups excluding carboxylic acids is 1. The first kappa shape index (κ1) is 11.7. The van der Waals surface area contributed by atoms with Gasteiger partial charge in [0.15, 0.2) is 0 Å². The fraction of sp³-hybridized carbons (Fsp3) is 0.417. The van der Waals surface area contributed by atoms with Gasteiger partial charge in [-0.05, 0) is 38.0 Å². The molecule has 0 aromatic heterocycles. The van der Waals surface area contributed by atoms with Gasteiger partial charge in [-0.25, -0.2) is 0 Å². The van der Waals surface area contributed by atoms with E-state index in [0.29, 0.717) is 12.1 Å². The van der Waals surface area contributed by atoms with Crippen LogP contribution in [-0.2, 0) is 6.42 Å². The van der Waals surface area contributed by atoms with Crippen molar-refractivity contribution in [3.63, 3.8) is 0 Å². The van der Waals surface area contributed by atoms with Crippen LogP contribution >= 0.6 is 0 Å². The molecule has 0 saturated carbocycles. The van der Waals surface area contributed by atoms with Crippen molar-refractivity contribution < 1.29 is 4.79 Å². The number of nitrogens with two attached hydrogens (primary N) is 1. The van der Waals surface area contributed by atoms with Gasteiger partial charge in [0.25, 0.3) is 5.91 Å². The first-order valence-corrected chi connectivity index (χ1v) is 5.26. The molecule has 0 bridgehead atoms. The quantitative estimate of drug-likeness (QED) is 0.780. The van der Waals surface area contributed by atoms with Crippen molar-refractivity contribution in [1.82, 2.24) is 5.32 Å². The van der Waals surface area contributed by atoms with Crippen LogP contribution in [0.25, 0.3) is 0 Å². The van der Waals surface area contributed by atoms with Gasteiger partial charge in [0, 0.05) is 18.2 Å². The molecule has 3 heteroatoms. The Kier molecular flexibility index (Phi) is 4.31. The van der Waals surface area contributed by atoms with E-state index in [2.05, 4.69) is 5.32 Å². The predicted molar refractivity (Wildman–Crippen MR) is 61.8 cm³/mol. The third kappa shape index (κ3) is 3.72. The van der Waals surface area contributed by atoms with Gasteiger partial charge in [-0.15, -0.1) is 0 Å². The Bertz CT molecular complexity index is 334. The minimum atomic E-state index is -0.0241. The molecule has 1 amide bonds. The van der Waals surface area contributed by atoms with Crippen molar-refractivity contribution in [2.24, 2.45) is 5.73 Å². The summed E-state index contributed by atoms with van der Waals surface area (Å²) in [7, 11) is 0. The molecule has 0 spiro atoms. The van der Waals surface area contributed by atoms with Gasteiger partial charge in [-0.2, -0.15) is 0 Å². The molecule has 0 heterocycles. The van der Waals surface area contributed by atoms with Gasteiger partial charge in [0.1, 0.15) is 0 Å². The summed E-state index contributed by atoms with van der Waals surface area (Å²) < 4.78 is 0. The lowest BCUT2D eigenvalue weighted by molar-refractivity contribution is 0.0955. The Hall–Kier alpha value is -1.35. The summed E-state index contributed by atoms with van der Waals surface area (Å²) in [5.74, 6) is -0.0241. The average Bonchev–Trinajstić information content (AvgIpc) is 2.17. The summed E-state index contributed by atoms with van der Waals surface area (Å²) in [5.41, 5.74) is 7.52. The molecule has 15 heavy (non-hydrogen) atoms. The number of hydrogen-bond acceptors (Lipinski definition) is 2. The molecule has 0 radical (unpaired) electrons. The maximum absolute atomic E-state index is 11.5. The summed E-state index contributed by atoms with van der Waals surface area (Å²) in [4.78, 5) is 11.5. The van der Waals surface area contributed by atoms with Gasteiger partial charge in [0.2, 0.25) is 0 Å². The molecule has 1 aromatic rings. The van der Waals surface area contributed by atoms with Gasteiger partial charge < -0.3 is 11.1 Å². The molecule has 3 N–H and O–H groups in total. The number of benzene rings is 1. The Morgan fingerprint density at radius 1 is 1.53 bits per heavy atom. The van der Waals surface area contributed by atoms with Crippen LogP contribution in [0, 0.1) is 0 Å². The van der Waals surface area contributed by atoms with Crippen LogP contribution in [0.5, 0.6) is 0 Å². The highest BCUT2D eigenvalue weighted by molar-refractivity contribution is 5.94. The minimum Gasteiger partial charge on any atom is -0.352 e. The highest BCUT2D eigenvalue weighted by Gasteiger charge is 2.05. The molecular formula is C12H18N2O. The first-order chi connectivity index (χ1) is 7.13. The van der Waals surface area contributed by atoms with Crippen molar-refractivity contribution >= 4 is 5.91 Å². The van der Waals surface area contributed by atoms with Crippen molar-refractivity contribution in [2.75, 3.05) is 6.54 Å². The number of carbonyl (C=O) groups is 1. The van der Waals surface area contributed by atoms with Gasteiger partial charge in [0.05, 0.1) is 0 Å². The minimum absolute atomic E-state index is 0.0241. The van der Waals surface area contributed by atoms with E-state index in [1.54, 1.807) is 0 Å². The lowest BCUT2D eigenvalue weighted by Crippen LogP contribution is -2.23. The number of amides is 1. The van der Waals surface area contributed by atoms with E-state index < -0.39 is 0 Å². The molecule has 0 fully saturated rings. The van der Waals surface area contributed by atoms with E-state index in [9.17, 15) is 4.79 Å². The van der Waals surface area contributed by atoms with E-state index >= 15 is 0 Å². The third-order valence-corrected chi connectivity index (χ3v) is 2.08. The van der Waals surface area contributed by atoms with Crippen LogP contribution in [0.1, 0.15) is 29.8 Å².